The van der Waals surface area contributed by atoms with Crippen LogP contribution >= 0.6 is 0 Å². The molecule has 0 aliphatic carbocycles. The maximum absolute atomic E-state index is 6.36. The number of benzene rings is 2. The summed E-state index contributed by atoms with van der Waals surface area (Å²) in [5.74, 6) is -0.757. The molecule has 2 aromatic carbocycles. The van der Waals surface area contributed by atoms with E-state index >= 15 is 0 Å². The van der Waals surface area contributed by atoms with E-state index in [4.69, 9.17) is 9.47 Å². The zero-order chi connectivity index (χ0) is 14.7. The van der Waals surface area contributed by atoms with E-state index in [1.807, 2.05) is 18.2 Å². The van der Waals surface area contributed by atoms with Crippen LogP contribution < -0.4 is 0 Å². The van der Waals surface area contributed by atoms with Crippen LogP contribution in [-0.4, -0.2) is 17.3 Å². The third-order valence-electron chi connectivity index (χ3n) is 4.88. The zero-order valence-corrected chi connectivity index (χ0v) is 12.5. The number of hydrogen-bond donors (Lipinski definition) is 0. The minimum atomic E-state index is -0.757. The molecule has 0 amide bonds. The minimum Gasteiger partial charge on any atom is -0.338 e. The van der Waals surface area contributed by atoms with E-state index in [0.29, 0.717) is 6.61 Å². The number of para-hydroxylation sites is 1. The van der Waals surface area contributed by atoms with E-state index in [0.717, 1.165) is 17.8 Å². The van der Waals surface area contributed by atoms with Gasteiger partial charge in [-0.25, -0.2) is 0 Å². The van der Waals surface area contributed by atoms with E-state index in [-0.39, 0.29) is 6.10 Å². The van der Waals surface area contributed by atoms with Gasteiger partial charge in [0.05, 0.1) is 18.8 Å². The predicted molar refractivity (Wildman–Crippen MR) is 84.7 cm³/mol. The Morgan fingerprint density at radius 1 is 1.05 bits per heavy atom. The highest BCUT2D eigenvalue weighted by atomic mass is 16.7. The molecule has 2 bridgehead atoms. The first-order valence-corrected chi connectivity index (χ1v) is 7.75. The molecular weight excluding hydrogens is 274 g/mol. The van der Waals surface area contributed by atoms with Crippen LogP contribution in [0.2, 0.25) is 0 Å². The summed E-state index contributed by atoms with van der Waals surface area (Å²) in [6.45, 7) is 3.67. The van der Waals surface area contributed by atoms with Crippen molar-refractivity contribution in [1.29, 1.82) is 0 Å². The fourth-order valence-corrected chi connectivity index (χ4v) is 3.97. The third-order valence-corrected chi connectivity index (χ3v) is 4.88. The van der Waals surface area contributed by atoms with E-state index in [2.05, 4.69) is 47.9 Å². The molecule has 0 saturated carbocycles. The molecule has 1 aromatic heterocycles. The van der Waals surface area contributed by atoms with Crippen LogP contribution in [0.25, 0.3) is 10.9 Å². The van der Waals surface area contributed by atoms with Crippen molar-refractivity contribution in [1.82, 2.24) is 4.57 Å². The maximum Gasteiger partial charge on any atom is 0.238 e. The Kier molecular flexibility index (Phi) is 2.38. The van der Waals surface area contributed by atoms with Crippen molar-refractivity contribution in [2.75, 3.05) is 6.61 Å². The number of fused-ring (bicyclic) bond motifs is 6. The smallest absolute Gasteiger partial charge is 0.238 e. The lowest BCUT2D eigenvalue weighted by Crippen LogP contribution is -2.38. The Bertz CT molecular complexity index is 868. The van der Waals surface area contributed by atoms with E-state index < -0.39 is 5.79 Å². The largest absolute Gasteiger partial charge is 0.338 e. The topological polar surface area (TPSA) is 23.4 Å². The average Bonchev–Trinajstić information content (AvgIpc) is 3.07. The normalized spacial score (nSPS) is 26.3. The summed E-state index contributed by atoms with van der Waals surface area (Å²) in [4.78, 5) is 0. The average molecular weight is 291 g/mol. The molecule has 1 saturated heterocycles. The summed E-state index contributed by atoms with van der Waals surface area (Å²) in [6, 6.07) is 18.9. The second-order valence-electron chi connectivity index (χ2n) is 6.13. The van der Waals surface area contributed by atoms with Gasteiger partial charge in [-0.15, -0.1) is 0 Å². The van der Waals surface area contributed by atoms with Gasteiger partial charge in [0.2, 0.25) is 5.79 Å². The summed E-state index contributed by atoms with van der Waals surface area (Å²) in [6.07, 6.45) is 0.114. The molecule has 2 unspecified atom stereocenters. The molecule has 22 heavy (non-hydrogen) atoms. The number of nitrogens with zero attached hydrogens (tertiary/aromatic N) is 1. The predicted octanol–water partition coefficient (Wildman–Crippen LogP) is 3.58. The van der Waals surface area contributed by atoms with Crippen molar-refractivity contribution in [3.8, 4) is 0 Å². The highest BCUT2D eigenvalue weighted by molar-refractivity contribution is 5.86. The van der Waals surface area contributed by atoms with Crippen molar-refractivity contribution < 1.29 is 9.47 Å². The highest BCUT2D eigenvalue weighted by Crippen LogP contribution is 2.48. The summed E-state index contributed by atoms with van der Waals surface area (Å²) in [7, 11) is 0. The Balaban J connectivity index is 1.87. The van der Waals surface area contributed by atoms with Gasteiger partial charge in [-0.1, -0.05) is 48.5 Å². The molecule has 3 aromatic rings. The van der Waals surface area contributed by atoms with Crippen LogP contribution in [0.3, 0.4) is 0 Å². The van der Waals surface area contributed by atoms with Gasteiger partial charge in [0.25, 0.3) is 0 Å². The van der Waals surface area contributed by atoms with E-state index in [1.165, 1.54) is 16.5 Å². The van der Waals surface area contributed by atoms with Crippen LogP contribution in [0.1, 0.15) is 16.8 Å². The monoisotopic (exact) mass is 291 g/mol. The first-order chi connectivity index (χ1) is 10.8. The molecule has 3 heterocycles. The van der Waals surface area contributed by atoms with Gasteiger partial charge in [-0.05, 0) is 18.6 Å². The molecule has 2 aliphatic rings. The number of aromatic nitrogens is 1. The molecule has 110 valence electrons. The molecule has 2 atom stereocenters. The molecular formula is C19H17NO2. The second kappa shape index (κ2) is 4.22. The van der Waals surface area contributed by atoms with Crippen LogP contribution in [0.4, 0.5) is 0 Å². The molecule has 0 spiro atoms. The fraction of sp³-hybridized carbons (Fsp3) is 0.263. The Hall–Kier alpha value is -2.10. The number of ether oxygens (including phenoxy) is 2. The number of rotatable bonds is 1. The van der Waals surface area contributed by atoms with Gasteiger partial charge < -0.3 is 14.0 Å². The first-order valence-electron chi connectivity index (χ1n) is 7.75. The summed E-state index contributed by atoms with van der Waals surface area (Å²) >= 11 is 0. The molecule has 5 rings (SSSR count). The summed E-state index contributed by atoms with van der Waals surface area (Å²) in [5.41, 5.74) is 4.74. The molecule has 1 fully saturated rings. The SMILES string of the molecule is Cc1c2n(c3ccccc13)CC1COC2(c2ccccc2)O1. The molecule has 0 N–H and O–H groups in total. The Labute approximate surface area is 129 Å². The molecule has 3 nitrogen and oxygen atoms in total. The van der Waals surface area contributed by atoms with Gasteiger partial charge >= 0.3 is 0 Å². The first kappa shape index (κ1) is 12.4. The second-order valence-corrected chi connectivity index (χ2v) is 6.13. The quantitative estimate of drug-likeness (QED) is 0.684. The number of aryl methyl sites for hydroxylation is 1. The fourth-order valence-electron chi connectivity index (χ4n) is 3.97. The van der Waals surface area contributed by atoms with Crippen molar-refractivity contribution in [3.63, 3.8) is 0 Å². The van der Waals surface area contributed by atoms with Gasteiger partial charge in [-0.3, -0.25) is 0 Å². The summed E-state index contributed by atoms with van der Waals surface area (Å²) in [5, 5.41) is 1.28. The van der Waals surface area contributed by atoms with Crippen molar-refractivity contribution in [2.45, 2.75) is 25.4 Å². The van der Waals surface area contributed by atoms with Crippen LogP contribution in [-0.2, 0) is 21.8 Å². The van der Waals surface area contributed by atoms with Crippen LogP contribution in [0, 0.1) is 6.92 Å². The van der Waals surface area contributed by atoms with Gasteiger partial charge in [0, 0.05) is 16.5 Å². The van der Waals surface area contributed by atoms with Crippen molar-refractivity contribution in [2.24, 2.45) is 0 Å². The van der Waals surface area contributed by atoms with E-state index in [9.17, 15) is 0 Å². The highest BCUT2D eigenvalue weighted by Gasteiger charge is 2.51. The van der Waals surface area contributed by atoms with Crippen LogP contribution in [0.5, 0.6) is 0 Å². The van der Waals surface area contributed by atoms with Gasteiger partial charge in [0.1, 0.15) is 6.10 Å². The maximum atomic E-state index is 6.36. The minimum absolute atomic E-state index is 0.114. The van der Waals surface area contributed by atoms with Crippen molar-refractivity contribution in [3.05, 3.63) is 71.4 Å². The third kappa shape index (κ3) is 1.42. The zero-order valence-electron chi connectivity index (χ0n) is 12.5. The summed E-state index contributed by atoms with van der Waals surface area (Å²) < 4.78 is 15.0. The van der Waals surface area contributed by atoms with Crippen molar-refractivity contribution >= 4 is 10.9 Å². The Morgan fingerprint density at radius 3 is 2.68 bits per heavy atom. The van der Waals surface area contributed by atoms with Crippen LogP contribution in [0.15, 0.2) is 54.6 Å². The lowest BCUT2D eigenvalue weighted by Gasteiger charge is -2.34. The van der Waals surface area contributed by atoms with E-state index in [1.54, 1.807) is 0 Å². The number of hydrogen-bond acceptors (Lipinski definition) is 2. The Morgan fingerprint density at radius 2 is 1.82 bits per heavy atom. The lowest BCUT2D eigenvalue weighted by atomic mass is 9.98. The van der Waals surface area contributed by atoms with Gasteiger partial charge in [-0.2, -0.15) is 0 Å². The molecule has 0 radical (unpaired) electrons. The lowest BCUT2D eigenvalue weighted by molar-refractivity contribution is -0.160. The van der Waals surface area contributed by atoms with Gasteiger partial charge in [0.15, 0.2) is 0 Å². The molecule has 3 heteroatoms. The standard InChI is InChI=1S/C19H17NO2/c1-13-16-9-5-6-10-17(16)20-11-15-12-21-19(22-15,18(13)20)14-7-3-2-4-8-14/h2-10,15H,11-12H2,1H3. The molecule has 2 aliphatic heterocycles.